The molecule has 312 valence electrons. The summed E-state index contributed by atoms with van der Waals surface area (Å²) in [7, 11) is 0. The minimum atomic E-state index is 0.922. The van der Waals surface area contributed by atoms with Crippen molar-refractivity contribution in [2.75, 3.05) is 0 Å². The first-order chi connectivity index (χ1) is 33.3. The van der Waals surface area contributed by atoms with Crippen LogP contribution in [-0.2, 0) is 0 Å². The zero-order valence-corrected chi connectivity index (χ0v) is 37.2. The largest absolute Gasteiger partial charge is 0.254 e. The summed E-state index contributed by atoms with van der Waals surface area (Å²) in [6.07, 6.45) is 1.85. The molecule has 3 heteroatoms. The molecule has 0 saturated carbocycles. The van der Waals surface area contributed by atoms with Crippen LogP contribution in [-0.4, -0.2) is 9.97 Å². The van der Waals surface area contributed by atoms with Crippen molar-refractivity contribution in [1.82, 2.24) is 9.97 Å². The Morgan fingerprint density at radius 3 is 1.34 bits per heavy atom. The molecule has 0 amide bonds. The van der Waals surface area contributed by atoms with Crippen molar-refractivity contribution in [3.8, 4) is 76.6 Å². The summed E-state index contributed by atoms with van der Waals surface area (Å²) in [5, 5.41) is 9.54. The van der Waals surface area contributed by atoms with E-state index in [9.17, 15) is 0 Å². The molecule has 3 heterocycles. The predicted molar refractivity (Wildman–Crippen MR) is 285 cm³/mol. The van der Waals surface area contributed by atoms with Crippen LogP contribution in [0.3, 0.4) is 0 Å². The van der Waals surface area contributed by atoms with Crippen LogP contribution in [0.2, 0.25) is 0 Å². The third-order valence-electron chi connectivity index (χ3n) is 13.3. The van der Waals surface area contributed by atoms with Crippen LogP contribution in [0.4, 0.5) is 0 Å². The van der Waals surface area contributed by atoms with Crippen molar-refractivity contribution in [3.63, 3.8) is 0 Å². The summed E-state index contributed by atoms with van der Waals surface area (Å²) in [6.45, 7) is 0. The quantitative estimate of drug-likeness (QED) is 0.118. The van der Waals surface area contributed by atoms with Crippen LogP contribution in [0.1, 0.15) is 0 Å². The SMILES string of the molecule is c1ccc(-c2sc(-c3c4ccccc4c(-c4ccccc4)c4ccccc34)c(-c3ccccc3)c2-c2ccc(-c3ccc(-c4ccc5ccc6cccnc6c5n4)c4ccccc34)cc2)cc1. The average molecular weight is 869 g/mol. The Morgan fingerprint density at radius 2 is 0.716 bits per heavy atom. The molecule has 67 heavy (non-hydrogen) atoms. The summed E-state index contributed by atoms with van der Waals surface area (Å²) in [5.41, 5.74) is 16.1. The summed E-state index contributed by atoms with van der Waals surface area (Å²) >= 11 is 1.91. The highest BCUT2D eigenvalue weighted by molar-refractivity contribution is 7.20. The molecule has 0 aliphatic rings. The Bertz CT molecular complexity index is 3950. The molecule has 13 rings (SSSR count). The number of pyridine rings is 2. The van der Waals surface area contributed by atoms with Gasteiger partial charge in [0.2, 0.25) is 0 Å². The van der Waals surface area contributed by atoms with E-state index in [0.717, 1.165) is 33.1 Å². The first kappa shape index (κ1) is 38.9. The minimum Gasteiger partial charge on any atom is -0.254 e. The van der Waals surface area contributed by atoms with Crippen molar-refractivity contribution in [2.24, 2.45) is 0 Å². The van der Waals surface area contributed by atoms with Crippen molar-refractivity contribution in [2.45, 2.75) is 0 Å². The molecule has 0 spiro atoms. The van der Waals surface area contributed by atoms with Crippen molar-refractivity contribution in [3.05, 3.63) is 243 Å². The minimum absolute atomic E-state index is 0.922. The lowest BCUT2D eigenvalue weighted by Crippen LogP contribution is -1.92. The number of rotatable bonds is 7. The van der Waals surface area contributed by atoms with E-state index in [-0.39, 0.29) is 0 Å². The van der Waals surface area contributed by atoms with Crippen LogP contribution in [0.25, 0.3) is 131 Å². The number of fused-ring (bicyclic) bond motifs is 6. The lowest BCUT2D eigenvalue weighted by Gasteiger charge is -2.18. The molecule has 13 aromatic rings. The van der Waals surface area contributed by atoms with Gasteiger partial charge in [0.1, 0.15) is 0 Å². The maximum Gasteiger partial charge on any atom is 0.0972 e. The van der Waals surface area contributed by atoms with Gasteiger partial charge in [-0.15, -0.1) is 11.3 Å². The second-order valence-corrected chi connectivity index (χ2v) is 18.2. The van der Waals surface area contributed by atoms with Gasteiger partial charge in [0.25, 0.3) is 0 Å². The van der Waals surface area contributed by atoms with Crippen molar-refractivity contribution < 1.29 is 0 Å². The van der Waals surface area contributed by atoms with Crippen LogP contribution >= 0.6 is 11.3 Å². The van der Waals surface area contributed by atoms with Gasteiger partial charge in [-0.05, 0) is 83.4 Å². The Balaban J connectivity index is 1.01. The maximum atomic E-state index is 5.25. The predicted octanol–water partition coefficient (Wildman–Crippen LogP) is 18.0. The monoisotopic (exact) mass is 868 g/mol. The van der Waals surface area contributed by atoms with E-state index in [0.29, 0.717) is 0 Å². The molecule has 0 bridgehead atoms. The number of aromatic nitrogens is 2. The number of hydrogen-bond acceptors (Lipinski definition) is 3. The summed E-state index contributed by atoms with van der Waals surface area (Å²) < 4.78 is 0. The number of hydrogen-bond donors (Lipinski definition) is 0. The topological polar surface area (TPSA) is 25.8 Å². The molecule has 2 nitrogen and oxygen atoms in total. The molecule has 10 aromatic carbocycles. The van der Waals surface area contributed by atoms with Gasteiger partial charge in [-0.1, -0.05) is 224 Å². The van der Waals surface area contributed by atoms with E-state index in [1.165, 1.54) is 97.7 Å². The molecule has 0 fully saturated rings. The summed E-state index contributed by atoms with van der Waals surface area (Å²) in [5.74, 6) is 0. The summed E-state index contributed by atoms with van der Waals surface area (Å²) in [4.78, 5) is 12.5. The van der Waals surface area contributed by atoms with Crippen LogP contribution in [0.5, 0.6) is 0 Å². The van der Waals surface area contributed by atoms with Crippen LogP contribution < -0.4 is 0 Å². The van der Waals surface area contributed by atoms with Gasteiger partial charge in [0.15, 0.2) is 0 Å². The zero-order valence-electron chi connectivity index (χ0n) is 36.4. The van der Waals surface area contributed by atoms with E-state index < -0.39 is 0 Å². The average Bonchev–Trinajstić information content (AvgIpc) is 3.80. The molecule has 0 aliphatic heterocycles. The van der Waals surface area contributed by atoms with Gasteiger partial charge in [-0.3, -0.25) is 4.98 Å². The summed E-state index contributed by atoms with van der Waals surface area (Å²) in [6, 6.07) is 86.0. The highest BCUT2D eigenvalue weighted by Gasteiger charge is 2.27. The van der Waals surface area contributed by atoms with E-state index in [2.05, 4.69) is 231 Å². The van der Waals surface area contributed by atoms with Gasteiger partial charge in [0.05, 0.1) is 16.7 Å². The third-order valence-corrected chi connectivity index (χ3v) is 14.6. The second-order valence-electron chi connectivity index (χ2n) is 17.1. The zero-order chi connectivity index (χ0) is 44.3. The lowest BCUT2D eigenvalue weighted by atomic mass is 9.85. The Labute approximate surface area is 392 Å². The second kappa shape index (κ2) is 16.2. The standard InChI is InChI=1S/C64H40N2S/c1-4-17-42(18-5-1)57-52-26-12-14-28-54(52)60(55-29-15-13-27-53(55)57)64-59(43-19-6-2-7-20-43)58(63(67-64)47-21-8-3-9-22-47)44-32-30-41(31-33-44)48-37-38-51(50-25-11-10-24-49(48)50)56-39-36-46-35-34-45-23-16-40-65-61(45)62(46)66-56/h1-40H. The van der Waals surface area contributed by atoms with Crippen LogP contribution in [0.15, 0.2) is 243 Å². The third kappa shape index (κ3) is 6.55. The fraction of sp³-hybridized carbons (Fsp3) is 0. The van der Waals surface area contributed by atoms with E-state index in [1.54, 1.807) is 0 Å². The molecule has 0 unspecified atom stereocenters. The molecule has 3 aromatic heterocycles. The molecular weight excluding hydrogens is 829 g/mol. The van der Waals surface area contributed by atoms with Gasteiger partial charge >= 0.3 is 0 Å². The van der Waals surface area contributed by atoms with E-state index in [4.69, 9.17) is 9.97 Å². The van der Waals surface area contributed by atoms with Gasteiger partial charge in [0, 0.05) is 49.0 Å². The Kier molecular flexibility index (Phi) is 9.40. The Hall–Kier alpha value is -8.50. The molecule has 0 saturated heterocycles. The van der Waals surface area contributed by atoms with Gasteiger partial charge in [-0.25, -0.2) is 4.98 Å². The normalized spacial score (nSPS) is 11.6. The highest BCUT2D eigenvalue weighted by atomic mass is 32.1. The lowest BCUT2D eigenvalue weighted by molar-refractivity contribution is 1.37. The highest BCUT2D eigenvalue weighted by Crippen LogP contribution is 2.56. The van der Waals surface area contributed by atoms with Gasteiger partial charge in [-0.2, -0.15) is 0 Å². The smallest absolute Gasteiger partial charge is 0.0972 e. The number of benzene rings is 10. The Morgan fingerprint density at radius 1 is 0.269 bits per heavy atom. The van der Waals surface area contributed by atoms with Gasteiger partial charge < -0.3 is 0 Å². The first-order valence-electron chi connectivity index (χ1n) is 22.8. The van der Waals surface area contributed by atoms with Crippen molar-refractivity contribution >= 4 is 65.5 Å². The molecule has 0 N–H and O–H groups in total. The first-order valence-corrected chi connectivity index (χ1v) is 23.6. The number of nitrogens with zero attached hydrogens (tertiary/aromatic N) is 2. The maximum absolute atomic E-state index is 5.25. The molecule has 0 radical (unpaired) electrons. The van der Waals surface area contributed by atoms with E-state index in [1.807, 2.05) is 23.6 Å². The number of thiophene rings is 1. The fourth-order valence-corrected chi connectivity index (χ4v) is 11.7. The van der Waals surface area contributed by atoms with Crippen molar-refractivity contribution in [1.29, 1.82) is 0 Å². The van der Waals surface area contributed by atoms with Crippen LogP contribution in [0, 0.1) is 0 Å². The fourth-order valence-electron chi connectivity index (χ4n) is 10.3. The molecular formula is C64H40N2S. The molecule has 0 aliphatic carbocycles. The molecule has 0 atom stereocenters. The van der Waals surface area contributed by atoms with E-state index >= 15 is 0 Å².